The molecule has 1 N–H and O–H groups in total. The number of amidine groups is 1. The van der Waals surface area contributed by atoms with Gasteiger partial charge in [-0.2, -0.15) is 5.10 Å². The Morgan fingerprint density at radius 3 is 2.73 bits per heavy atom. The van der Waals surface area contributed by atoms with Crippen molar-refractivity contribution >= 4 is 29.3 Å². The molecule has 3 aromatic rings. The van der Waals surface area contributed by atoms with Crippen molar-refractivity contribution in [3.63, 3.8) is 0 Å². The second-order valence-electron chi connectivity index (χ2n) is 7.76. The summed E-state index contributed by atoms with van der Waals surface area (Å²) in [5, 5.41) is 7.36. The zero-order valence-corrected chi connectivity index (χ0v) is 17.6. The Morgan fingerprint density at radius 1 is 1.06 bits per heavy atom. The molecular weight excluding hydrogens is 424 g/mol. The molecule has 3 amide bonds. The lowest BCUT2D eigenvalue weighted by Crippen LogP contribution is -2.52. The molecule has 166 valence electrons. The van der Waals surface area contributed by atoms with Crippen LogP contribution in [0.15, 0.2) is 59.7 Å². The van der Waals surface area contributed by atoms with Gasteiger partial charge in [0.25, 0.3) is 0 Å². The Labute approximate surface area is 189 Å². The van der Waals surface area contributed by atoms with E-state index in [-0.39, 0.29) is 18.5 Å². The fourth-order valence-corrected chi connectivity index (χ4v) is 4.23. The Morgan fingerprint density at radius 2 is 1.88 bits per heavy atom. The molecule has 0 atom stereocenters. The van der Waals surface area contributed by atoms with Crippen LogP contribution in [0.4, 0.5) is 16.3 Å². The number of aliphatic imine (C=N–C) groups is 1. The summed E-state index contributed by atoms with van der Waals surface area (Å²) in [5.41, 5.74) is 2.08. The van der Waals surface area contributed by atoms with E-state index in [1.165, 1.54) is 4.90 Å². The fourth-order valence-electron chi connectivity index (χ4n) is 4.23. The van der Waals surface area contributed by atoms with E-state index in [1.54, 1.807) is 34.0 Å². The van der Waals surface area contributed by atoms with Gasteiger partial charge in [-0.15, -0.1) is 0 Å². The van der Waals surface area contributed by atoms with Crippen LogP contribution in [0.5, 0.6) is 11.5 Å². The van der Waals surface area contributed by atoms with Gasteiger partial charge in [-0.1, -0.05) is 18.2 Å². The summed E-state index contributed by atoms with van der Waals surface area (Å²) >= 11 is 0. The first-order valence-electron chi connectivity index (χ1n) is 10.7. The minimum atomic E-state index is -0.341. The molecular formula is C23H20N6O4. The lowest BCUT2D eigenvalue weighted by atomic mass is 10.2. The van der Waals surface area contributed by atoms with Crippen LogP contribution in [0, 0.1) is 0 Å². The van der Waals surface area contributed by atoms with Gasteiger partial charge in [-0.3, -0.25) is 19.6 Å². The van der Waals surface area contributed by atoms with Gasteiger partial charge in [0.15, 0.2) is 17.3 Å². The number of carbonyl (C=O) groups excluding carboxylic acids is 2. The summed E-state index contributed by atoms with van der Waals surface area (Å²) in [5.74, 6) is 2.01. The van der Waals surface area contributed by atoms with Crippen molar-refractivity contribution in [2.24, 2.45) is 4.99 Å². The average Bonchev–Trinajstić information content (AvgIpc) is 3.50. The number of hydrogen-bond acceptors (Lipinski definition) is 6. The molecule has 1 aromatic heterocycles. The predicted octanol–water partition coefficient (Wildman–Crippen LogP) is 2.28. The van der Waals surface area contributed by atoms with Gasteiger partial charge in [0.1, 0.15) is 25.6 Å². The highest BCUT2D eigenvalue weighted by atomic mass is 16.6. The number of carbonyl (C=O) groups is 2. The van der Waals surface area contributed by atoms with Crippen LogP contribution in [0.3, 0.4) is 0 Å². The van der Waals surface area contributed by atoms with Crippen molar-refractivity contribution in [3.05, 3.63) is 60.3 Å². The quantitative estimate of drug-likeness (QED) is 0.665. The number of amides is 3. The van der Waals surface area contributed by atoms with Crippen molar-refractivity contribution < 1.29 is 19.1 Å². The van der Waals surface area contributed by atoms with Gasteiger partial charge >= 0.3 is 6.03 Å². The predicted molar refractivity (Wildman–Crippen MR) is 120 cm³/mol. The lowest BCUT2D eigenvalue weighted by Gasteiger charge is -2.33. The van der Waals surface area contributed by atoms with Crippen molar-refractivity contribution in [1.29, 1.82) is 0 Å². The molecule has 3 aliphatic heterocycles. The minimum absolute atomic E-state index is 0.178. The normalized spacial score (nSPS) is 16.2. The molecule has 0 bridgehead atoms. The highest BCUT2D eigenvalue weighted by Gasteiger charge is 2.41. The molecule has 0 aliphatic carbocycles. The molecule has 0 unspecified atom stereocenters. The first-order valence-corrected chi connectivity index (χ1v) is 10.7. The molecule has 0 saturated carbocycles. The number of ether oxygens (including phenoxy) is 2. The Bertz CT molecular complexity index is 1290. The Kier molecular flexibility index (Phi) is 4.49. The summed E-state index contributed by atoms with van der Waals surface area (Å²) in [4.78, 5) is 33.9. The van der Waals surface area contributed by atoms with Crippen LogP contribution in [-0.4, -0.2) is 65.3 Å². The number of hydrogen-bond donors (Lipinski definition) is 1. The fraction of sp³-hybridized carbons (Fsp3) is 0.217. The van der Waals surface area contributed by atoms with Crippen LogP contribution in [0.25, 0.3) is 5.69 Å². The molecule has 10 nitrogen and oxygen atoms in total. The van der Waals surface area contributed by atoms with Crippen molar-refractivity contribution in [3.8, 4) is 17.2 Å². The number of rotatable bonds is 4. The number of fused-ring (bicyclic) bond motifs is 4. The number of benzene rings is 2. The molecule has 33 heavy (non-hydrogen) atoms. The maximum absolute atomic E-state index is 13.3. The summed E-state index contributed by atoms with van der Waals surface area (Å²) in [6.45, 7) is 1.77. The van der Waals surface area contributed by atoms with Crippen LogP contribution in [0.1, 0.15) is 5.56 Å². The van der Waals surface area contributed by atoms with Gasteiger partial charge < -0.3 is 14.8 Å². The van der Waals surface area contributed by atoms with Gasteiger partial charge in [-0.05, 0) is 24.3 Å². The Balaban J connectivity index is 1.32. The number of nitrogens with zero attached hydrogens (tertiary/aromatic N) is 5. The third kappa shape index (κ3) is 3.27. The molecule has 4 heterocycles. The summed E-state index contributed by atoms with van der Waals surface area (Å²) in [6, 6.07) is 14.4. The monoisotopic (exact) mass is 444 g/mol. The zero-order chi connectivity index (χ0) is 22.4. The van der Waals surface area contributed by atoms with Crippen molar-refractivity contribution in [2.75, 3.05) is 43.1 Å². The molecule has 0 radical (unpaired) electrons. The van der Waals surface area contributed by atoms with E-state index in [0.29, 0.717) is 55.1 Å². The molecule has 0 fully saturated rings. The van der Waals surface area contributed by atoms with E-state index in [2.05, 4.69) is 15.4 Å². The molecule has 10 heteroatoms. The van der Waals surface area contributed by atoms with Crippen LogP contribution < -0.4 is 19.7 Å². The van der Waals surface area contributed by atoms with Crippen molar-refractivity contribution in [2.45, 2.75) is 0 Å². The smallest absolute Gasteiger partial charge is 0.331 e. The zero-order valence-electron chi connectivity index (χ0n) is 17.6. The van der Waals surface area contributed by atoms with Gasteiger partial charge in [-0.25, -0.2) is 9.48 Å². The molecule has 2 aromatic carbocycles. The molecule has 0 spiro atoms. The maximum Gasteiger partial charge on any atom is 0.331 e. The standard InChI is InChI=1S/C23H20N6O4/c30-20(26-15-6-7-18-19(12-15)33-11-10-32-18)14-28-22-17(21-24-8-9-27(21)23(28)31)13-25-29(22)16-4-2-1-3-5-16/h1-7,12-13H,8-11,14H2,(H,26,30). The number of anilines is 2. The van der Waals surface area contributed by atoms with E-state index >= 15 is 0 Å². The van der Waals surface area contributed by atoms with Crippen molar-refractivity contribution in [1.82, 2.24) is 14.7 Å². The van der Waals surface area contributed by atoms with Crippen LogP contribution in [0.2, 0.25) is 0 Å². The van der Waals surface area contributed by atoms with Crippen LogP contribution >= 0.6 is 0 Å². The summed E-state index contributed by atoms with van der Waals surface area (Å²) in [6.07, 6.45) is 1.69. The largest absolute Gasteiger partial charge is 0.486 e. The lowest BCUT2D eigenvalue weighted by molar-refractivity contribution is -0.114. The van der Waals surface area contributed by atoms with Gasteiger partial charge in [0, 0.05) is 18.3 Å². The second kappa shape index (κ2) is 7.66. The molecule has 3 aliphatic rings. The van der Waals surface area contributed by atoms with E-state index in [0.717, 1.165) is 11.3 Å². The van der Waals surface area contributed by atoms with E-state index in [1.807, 2.05) is 30.3 Å². The second-order valence-corrected chi connectivity index (χ2v) is 7.76. The van der Waals surface area contributed by atoms with Gasteiger partial charge in [0.05, 0.1) is 24.0 Å². The Hall–Kier alpha value is -4.34. The molecule has 0 saturated heterocycles. The minimum Gasteiger partial charge on any atom is -0.486 e. The number of para-hydroxylation sites is 1. The van der Waals surface area contributed by atoms with E-state index < -0.39 is 0 Å². The third-order valence-corrected chi connectivity index (χ3v) is 5.67. The first kappa shape index (κ1) is 19.4. The number of aromatic nitrogens is 2. The first-order chi connectivity index (χ1) is 16.2. The van der Waals surface area contributed by atoms with E-state index in [4.69, 9.17) is 9.47 Å². The number of urea groups is 1. The van der Waals surface area contributed by atoms with Crippen LogP contribution in [-0.2, 0) is 4.79 Å². The van der Waals surface area contributed by atoms with Gasteiger partial charge in [0.2, 0.25) is 5.91 Å². The highest BCUT2D eigenvalue weighted by Crippen LogP contribution is 2.34. The topological polar surface area (TPSA) is 101 Å². The maximum atomic E-state index is 13.3. The summed E-state index contributed by atoms with van der Waals surface area (Å²) < 4.78 is 12.8. The SMILES string of the molecule is O=C(CN1C(=O)N2CCN=C2c2cnn(-c3ccccc3)c21)Nc1ccc2c(c1)OCCO2. The summed E-state index contributed by atoms with van der Waals surface area (Å²) in [7, 11) is 0. The third-order valence-electron chi connectivity index (χ3n) is 5.67. The van der Waals surface area contributed by atoms with E-state index in [9.17, 15) is 9.59 Å². The average molecular weight is 444 g/mol. The molecule has 6 rings (SSSR count). The number of nitrogens with one attached hydrogen (secondary N) is 1. The highest BCUT2D eigenvalue weighted by molar-refractivity contribution is 6.20.